The Morgan fingerprint density at radius 2 is 1.62 bits per heavy atom. The Hall–Kier alpha value is -2.54. The third-order valence-corrected chi connectivity index (χ3v) is 4.45. The van der Waals surface area contributed by atoms with Crippen LogP contribution in [-0.4, -0.2) is 76.6 Å². The Kier molecular flexibility index (Phi) is 13.2. The molecule has 0 unspecified atom stereocenters. The van der Waals surface area contributed by atoms with Crippen molar-refractivity contribution in [2.45, 2.75) is 50.2 Å². The van der Waals surface area contributed by atoms with Crippen LogP contribution >= 0.6 is 11.8 Å². The first kappa shape index (κ1) is 26.5. The van der Waals surface area contributed by atoms with E-state index in [2.05, 4.69) is 15.6 Å². The van der Waals surface area contributed by atoms with Gasteiger partial charge in [0.25, 0.3) is 0 Å². The van der Waals surface area contributed by atoms with Crippen LogP contribution in [0.25, 0.3) is 0 Å². The summed E-state index contributed by atoms with van der Waals surface area (Å²) in [6.45, 7) is 0.309. The molecule has 0 heterocycles. The van der Waals surface area contributed by atoms with E-state index in [-0.39, 0.29) is 25.2 Å². The number of amides is 2. The highest BCUT2D eigenvalue weighted by atomic mass is 32.2. The Morgan fingerprint density at radius 3 is 2.14 bits per heavy atom. The number of carbonyl (C=O) groups is 4. The van der Waals surface area contributed by atoms with E-state index >= 15 is 0 Å². The van der Waals surface area contributed by atoms with Crippen molar-refractivity contribution in [2.75, 3.05) is 18.6 Å². The summed E-state index contributed by atoms with van der Waals surface area (Å²) in [4.78, 5) is 50.5. The van der Waals surface area contributed by atoms with Gasteiger partial charge in [-0.15, -0.1) is 0 Å². The molecule has 0 radical (unpaired) electrons. The number of rotatable bonds is 15. The van der Waals surface area contributed by atoms with Gasteiger partial charge in [0.1, 0.15) is 12.1 Å². The van der Waals surface area contributed by atoms with Crippen molar-refractivity contribution in [2.24, 2.45) is 22.2 Å². The highest BCUT2D eigenvalue weighted by Gasteiger charge is 2.27. The Labute approximate surface area is 173 Å². The minimum atomic E-state index is -1.37. The largest absolute Gasteiger partial charge is 0.481 e. The van der Waals surface area contributed by atoms with Gasteiger partial charge in [-0.1, -0.05) is 0 Å². The number of guanidine groups is 1. The molecule has 0 rings (SSSR count). The molecule has 2 amide bonds. The average Bonchev–Trinajstić information content (AvgIpc) is 2.64. The van der Waals surface area contributed by atoms with Crippen LogP contribution in [0, 0.1) is 0 Å². The molecule has 0 spiro atoms. The lowest BCUT2D eigenvalue weighted by Gasteiger charge is -2.22. The van der Waals surface area contributed by atoms with E-state index in [1.165, 1.54) is 11.8 Å². The normalized spacial score (nSPS) is 13.6. The summed E-state index contributed by atoms with van der Waals surface area (Å²) in [5, 5.41) is 22.7. The molecule has 0 aliphatic rings. The van der Waals surface area contributed by atoms with Gasteiger partial charge in [-0.25, -0.2) is 4.79 Å². The molecular weight excluding hydrogens is 404 g/mol. The fraction of sp³-hybridized carbons (Fsp3) is 0.688. The predicted octanol–water partition coefficient (Wildman–Crippen LogP) is -1.96. The van der Waals surface area contributed by atoms with Crippen LogP contribution in [0.3, 0.4) is 0 Å². The number of thioether (sulfide) groups is 1. The summed E-state index contributed by atoms with van der Waals surface area (Å²) in [7, 11) is 0. The molecule has 0 aromatic heterocycles. The molecule has 0 fully saturated rings. The van der Waals surface area contributed by atoms with Crippen molar-refractivity contribution in [1.82, 2.24) is 10.6 Å². The molecule has 13 heteroatoms. The zero-order valence-corrected chi connectivity index (χ0v) is 17.1. The van der Waals surface area contributed by atoms with Crippen molar-refractivity contribution >= 4 is 41.5 Å². The maximum absolute atomic E-state index is 12.5. The number of nitrogens with two attached hydrogens (primary N) is 3. The third-order valence-electron chi connectivity index (χ3n) is 3.81. The number of carboxylic acid groups (broad SMARTS) is 2. The number of aliphatic imine (C=N–C) groups is 1. The van der Waals surface area contributed by atoms with Crippen LogP contribution < -0.4 is 27.8 Å². The van der Waals surface area contributed by atoms with Gasteiger partial charge in [-0.2, -0.15) is 11.8 Å². The van der Waals surface area contributed by atoms with Crippen molar-refractivity contribution in [3.8, 4) is 0 Å². The number of carbonyl (C=O) groups excluding carboxylic acids is 2. The molecule has 0 saturated heterocycles. The second kappa shape index (κ2) is 14.5. The minimum absolute atomic E-state index is 0.0623. The number of hydrogen-bond donors (Lipinski definition) is 7. The number of nitrogens with zero attached hydrogens (tertiary/aromatic N) is 1. The molecule has 0 aromatic rings. The van der Waals surface area contributed by atoms with Gasteiger partial charge in [0, 0.05) is 13.0 Å². The summed E-state index contributed by atoms with van der Waals surface area (Å²) in [5.74, 6) is -3.33. The number of nitrogens with one attached hydrogen (secondary N) is 2. The van der Waals surface area contributed by atoms with Crippen LogP contribution in [0.15, 0.2) is 4.99 Å². The highest BCUT2D eigenvalue weighted by Crippen LogP contribution is 2.05. The Bertz CT molecular complexity index is 598. The number of carboxylic acids is 2. The fourth-order valence-electron chi connectivity index (χ4n) is 2.23. The topological polar surface area (TPSA) is 223 Å². The van der Waals surface area contributed by atoms with Crippen molar-refractivity contribution in [3.05, 3.63) is 0 Å². The lowest BCUT2D eigenvalue weighted by atomic mass is 10.1. The van der Waals surface area contributed by atoms with E-state index in [1.807, 2.05) is 6.26 Å². The molecule has 0 aliphatic heterocycles. The lowest BCUT2D eigenvalue weighted by Crippen LogP contribution is -2.54. The summed E-state index contributed by atoms with van der Waals surface area (Å²) < 4.78 is 0. The monoisotopic (exact) mass is 434 g/mol. The standard InChI is InChI=1S/C16H30N6O6S/c1-29-8-6-10(14(26)22-11(15(27)28)4-5-12(23)24)21-13(25)9(17)3-2-7-20-16(18)19/h9-11H,2-8,17H2,1H3,(H,21,25)(H,22,26)(H,23,24)(H,27,28)(H4,18,19,20)/t9-,10-,11-/m0/s1. The van der Waals surface area contributed by atoms with E-state index in [0.29, 0.717) is 18.7 Å². The number of aliphatic carboxylic acids is 2. The summed E-state index contributed by atoms with van der Waals surface area (Å²) >= 11 is 1.45. The van der Waals surface area contributed by atoms with Gasteiger partial charge in [-0.05, 0) is 37.7 Å². The van der Waals surface area contributed by atoms with Gasteiger partial charge >= 0.3 is 11.9 Å². The van der Waals surface area contributed by atoms with Crippen molar-refractivity contribution in [1.29, 1.82) is 0 Å². The molecule has 166 valence electrons. The van der Waals surface area contributed by atoms with E-state index in [0.717, 1.165) is 0 Å². The third kappa shape index (κ3) is 12.5. The van der Waals surface area contributed by atoms with Crippen molar-refractivity contribution < 1.29 is 29.4 Å². The quantitative estimate of drug-likeness (QED) is 0.0855. The SMILES string of the molecule is CSCC[C@H](NC(=O)[C@@H](N)CCCN=C(N)N)C(=O)N[C@@H](CCC(=O)O)C(=O)O. The lowest BCUT2D eigenvalue weighted by molar-refractivity contribution is -0.143. The van der Waals surface area contributed by atoms with E-state index in [4.69, 9.17) is 22.3 Å². The van der Waals surface area contributed by atoms with Gasteiger partial charge < -0.3 is 38.0 Å². The Balaban J connectivity index is 4.88. The van der Waals surface area contributed by atoms with E-state index in [9.17, 15) is 24.3 Å². The molecule has 0 bridgehead atoms. The van der Waals surface area contributed by atoms with E-state index in [1.54, 1.807) is 0 Å². The van der Waals surface area contributed by atoms with Crippen LogP contribution in [0.5, 0.6) is 0 Å². The van der Waals surface area contributed by atoms with Gasteiger partial charge in [0.15, 0.2) is 5.96 Å². The van der Waals surface area contributed by atoms with Crippen molar-refractivity contribution in [3.63, 3.8) is 0 Å². The smallest absolute Gasteiger partial charge is 0.326 e. The zero-order chi connectivity index (χ0) is 22.4. The zero-order valence-electron chi connectivity index (χ0n) is 16.3. The molecule has 0 aromatic carbocycles. The molecule has 29 heavy (non-hydrogen) atoms. The maximum atomic E-state index is 12.5. The minimum Gasteiger partial charge on any atom is -0.481 e. The maximum Gasteiger partial charge on any atom is 0.326 e. The highest BCUT2D eigenvalue weighted by molar-refractivity contribution is 7.98. The molecule has 0 aliphatic carbocycles. The molecule has 3 atom stereocenters. The van der Waals surface area contributed by atoms with Gasteiger partial charge in [-0.3, -0.25) is 19.4 Å². The number of hydrogen-bond acceptors (Lipinski definition) is 7. The van der Waals surface area contributed by atoms with Gasteiger partial charge in [0.05, 0.1) is 6.04 Å². The predicted molar refractivity (Wildman–Crippen MR) is 109 cm³/mol. The second-order valence-corrected chi connectivity index (χ2v) is 7.22. The summed E-state index contributed by atoms with van der Waals surface area (Å²) in [6, 6.07) is -3.26. The van der Waals surface area contributed by atoms with E-state index < -0.39 is 48.3 Å². The van der Waals surface area contributed by atoms with Crippen LogP contribution in [0.2, 0.25) is 0 Å². The van der Waals surface area contributed by atoms with Crippen LogP contribution in [0.4, 0.5) is 0 Å². The fourth-order valence-corrected chi connectivity index (χ4v) is 2.70. The molecular formula is C16H30N6O6S. The average molecular weight is 435 g/mol. The van der Waals surface area contributed by atoms with Crippen LogP contribution in [-0.2, 0) is 19.2 Å². The van der Waals surface area contributed by atoms with Gasteiger partial charge in [0.2, 0.25) is 11.8 Å². The molecule has 0 saturated carbocycles. The summed E-state index contributed by atoms with van der Waals surface area (Å²) in [6.07, 6.45) is 2.13. The summed E-state index contributed by atoms with van der Waals surface area (Å²) in [5.41, 5.74) is 16.2. The first-order valence-corrected chi connectivity index (χ1v) is 10.3. The molecule has 12 nitrogen and oxygen atoms in total. The second-order valence-electron chi connectivity index (χ2n) is 6.23. The van der Waals surface area contributed by atoms with Crippen LogP contribution in [0.1, 0.15) is 32.1 Å². The molecule has 10 N–H and O–H groups in total. The first-order chi connectivity index (χ1) is 13.6. The Morgan fingerprint density at radius 1 is 1.00 bits per heavy atom. The first-order valence-electron chi connectivity index (χ1n) is 8.93.